The molecule has 0 aromatic heterocycles. The molecule has 4 nitrogen and oxygen atoms in total. The Morgan fingerprint density at radius 3 is 2.06 bits per heavy atom. The van der Waals surface area contributed by atoms with E-state index in [0.29, 0.717) is 0 Å². The molecule has 0 aliphatic carbocycles. The first-order valence-electron chi connectivity index (χ1n) is 10.2. The minimum Gasteiger partial charge on any atom is -0.258 e. The second-order valence-corrected chi connectivity index (χ2v) is 9.68. The molecule has 0 atom stereocenters. The Balaban J connectivity index is 1.58. The molecule has 0 amide bonds. The van der Waals surface area contributed by atoms with Crippen LogP contribution in [-0.4, -0.2) is 4.92 Å². The second kappa shape index (κ2) is 7.13. The van der Waals surface area contributed by atoms with E-state index < -0.39 is 4.92 Å². The SMILES string of the molecule is CC(C)(C)c1cc2ccc3ccc([N]Sc4ccc([N+](=O)[O-])cc4)c4ccc(c1)c2c34. The van der Waals surface area contributed by atoms with Crippen LogP contribution in [0.5, 0.6) is 0 Å². The summed E-state index contributed by atoms with van der Waals surface area (Å²) >= 11 is 1.33. The van der Waals surface area contributed by atoms with Crippen molar-refractivity contribution in [2.24, 2.45) is 0 Å². The summed E-state index contributed by atoms with van der Waals surface area (Å²) in [6.45, 7) is 6.73. The van der Waals surface area contributed by atoms with Crippen LogP contribution in [0.25, 0.3) is 32.3 Å². The number of rotatable bonds is 4. The smallest absolute Gasteiger partial charge is 0.258 e. The highest BCUT2D eigenvalue weighted by Crippen LogP contribution is 2.40. The Morgan fingerprint density at radius 1 is 0.806 bits per heavy atom. The van der Waals surface area contributed by atoms with Crippen molar-refractivity contribution in [3.05, 3.63) is 88.5 Å². The number of non-ortho nitro benzene ring substituents is 1. The molecule has 0 unspecified atom stereocenters. The van der Waals surface area contributed by atoms with Crippen LogP contribution in [0.15, 0.2) is 77.7 Å². The molecule has 5 aromatic rings. The fourth-order valence-electron chi connectivity index (χ4n) is 4.05. The molecular formula is C26H21N2O2S. The van der Waals surface area contributed by atoms with Crippen molar-refractivity contribution < 1.29 is 4.92 Å². The van der Waals surface area contributed by atoms with Gasteiger partial charge in [0.15, 0.2) is 0 Å². The summed E-state index contributed by atoms with van der Waals surface area (Å²) in [6, 6.07) is 24.0. The molecule has 0 saturated heterocycles. The minimum atomic E-state index is -0.391. The maximum Gasteiger partial charge on any atom is 0.269 e. The van der Waals surface area contributed by atoms with Crippen LogP contribution in [0.1, 0.15) is 26.3 Å². The Labute approximate surface area is 184 Å². The van der Waals surface area contributed by atoms with Crippen LogP contribution in [0.4, 0.5) is 11.4 Å². The van der Waals surface area contributed by atoms with E-state index in [-0.39, 0.29) is 11.1 Å². The molecule has 0 saturated carbocycles. The fraction of sp³-hybridized carbons (Fsp3) is 0.154. The van der Waals surface area contributed by atoms with Crippen LogP contribution in [0, 0.1) is 10.1 Å². The molecule has 0 aliphatic rings. The summed E-state index contributed by atoms with van der Waals surface area (Å²) in [5.74, 6) is 0. The zero-order valence-electron chi connectivity index (χ0n) is 17.5. The molecule has 0 heterocycles. The van der Waals surface area contributed by atoms with Gasteiger partial charge < -0.3 is 0 Å². The van der Waals surface area contributed by atoms with Crippen LogP contribution < -0.4 is 4.72 Å². The maximum atomic E-state index is 10.9. The molecule has 5 aromatic carbocycles. The fourth-order valence-corrected chi connectivity index (χ4v) is 4.67. The minimum absolute atomic E-state index is 0.0849. The van der Waals surface area contributed by atoms with E-state index >= 15 is 0 Å². The van der Waals surface area contributed by atoms with Gasteiger partial charge in [-0.05, 0) is 56.1 Å². The van der Waals surface area contributed by atoms with Gasteiger partial charge in [0.2, 0.25) is 0 Å². The normalized spacial score (nSPS) is 12.1. The second-order valence-electron chi connectivity index (χ2n) is 8.84. The first-order chi connectivity index (χ1) is 14.8. The first-order valence-corrected chi connectivity index (χ1v) is 10.9. The van der Waals surface area contributed by atoms with Gasteiger partial charge in [0.05, 0.1) is 10.6 Å². The number of nitrogens with zero attached hydrogens (tertiary/aromatic N) is 2. The predicted molar refractivity (Wildman–Crippen MR) is 130 cm³/mol. The van der Waals surface area contributed by atoms with Gasteiger partial charge in [-0.2, -0.15) is 0 Å². The van der Waals surface area contributed by atoms with E-state index in [4.69, 9.17) is 4.72 Å². The molecule has 1 radical (unpaired) electrons. The van der Waals surface area contributed by atoms with E-state index in [9.17, 15) is 10.1 Å². The van der Waals surface area contributed by atoms with E-state index in [0.717, 1.165) is 16.0 Å². The van der Waals surface area contributed by atoms with Crippen molar-refractivity contribution in [3.63, 3.8) is 0 Å². The van der Waals surface area contributed by atoms with Gasteiger partial charge in [0.25, 0.3) is 5.69 Å². The van der Waals surface area contributed by atoms with E-state index in [1.807, 2.05) is 6.07 Å². The summed E-state index contributed by atoms with van der Waals surface area (Å²) < 4.78 is 4.76. The molecule has 5 heteroatoms. The maximum absolute atomic E-state index is 10.9. The highest BCUT2D eigenvalue weighted by molar-refractivity contribution is 7.97. The Morgan fingerprint density at radius 2 is 1.42 bits per heavy atom. The topological polar surface area (TPSA) is 57.2 Å². The van der Waals surface area contributed by atoms with Gasteiger partial charge in [-0.1, -0.05) is 63.2 Å². The van der Waals surface area contributed by atoms with Crippen LogP contribution >= 0.6 is 11.9 Å². The van der Waals surface area contributed by atoms with E-state index in [1.165, 1.54) is 56.6 Å². The molecule has 0 bridgehead atoms. The van der Waals surface area contributed by atoms with Crippen molar-refractivity contribution >= 4 is 55.6 Å². The third-order valence-corrected chi connectivity index (χ3v) is 6.51. The van der Waals surface area contributed by atoms with Crippen molar-refractivity contribution in [1.29, 1.82) is 0 Å². The monoisotopic (exact) mass is 425 g/mol. The molecule has 0 aliphatic heterocycles. The molecular weight excluding hydrogens is 404 g/mol. The van der Waals surface area contributed by atoms with Crippen molar-refractivity contribution in [3.8, 4) is 0 Å². The largest absolute Gasteiger partial charge is 0.269 e. The average Bonchev–Trinajstić information content (AvgIpc) is 2.75. The highest BCUT2D eigenvalue weighted by atomic mass is 32.2. The zero-order valence-corrected chi connectivity index (χ0v) is 18.4. The predicted octanol–water partition coefficient (Wildman–Crippen LogP) is 7.73. The molecule has 153 valence electrons. The van der Waals surface area contributed by atoms with Crippen LogP contribution in [-0.2, 0) is 5.41 Å². The third-order valence-electron chi connectivity index (χ3n) is 5.74. The Bertz CT molecular complexity index is 1420. The number of nitro benzene ring substituents is 1. The molecule has 0 fully saturated rings. The van der Waals surface area contributed by atoms with Crippen LogP contribution in [0.2, 0.25) is 0 Å². The first kappa shape index (κ1) is 19.6. The van der Waals surface area contributed by atoms with Gasteiger partial charge in [-0.3, -0.25) is 10.1 Å². The Hall–Kier alpha value is -3.31. The lowest BCUT2D eigenvalue weighted by Crippen LogP contribution is -2.10. The Kier molecular flexibility index (Phi) is 4.52. The van der Waals surface area contributed by atoms with Gasteiger partial charge in [0, 0.05) is 34.4 Å². The zero-order chi connectivity index (χ0) is 21.8. The van der Waals surface area contributed by atoms with Gasteiger partial charge in [0.1, 0.15) is 0 Å². The lowest BCUT2D eigenvalue weighted by Gasteiger charge is -2.21. The van der Waals surface area contributed by atoms with Gasteiger partial charge in [-0.25, -0.2) is 4.72 Å². The summed E-state index contributed by atoms with van der Waals surface area (Å²) in [6.07, 6.45) is 0. The quantitative estimate of drug-likeness (QED) is 0.128. The lowest BCUT2D eigenvalue weighted by molar-refractivity contribution is -0.384. The summed E-state index contributed by atoms with van der Waals surface area (Å²) in [5.41, 5.74) is 2.41. The van der Waals surface area contributed by atoms with Crippen molar-refractivity contribution in [2.45, 2.75) is 31.1 Å². The highest BCUT2D eigenvalue weighted by Gasteiger charge is 2.18. The summed E-state index contributed by atoms with van der Waals surface area (Å²) in [7, 11) is 0. The number of nitro groups is 1. The number of hydrogen-bond donors (Lipinski definition) is 0. The molecule has 31 heavy (non-hydrogen) atoms. The van der Waals surface area contributed by atoms with Crippen molar-refractivity contribution in [1.82, 2.24) is 4.72 Å². The van der Waals surface area contributed by atoms with Gasteiger partial charge >= 0.3 is 0 Å². The molecule has 0 spiro atoms. The van der Waals surface area contributed by atoms with E-state index in [2.05, 4.69) is 63.2 Å². The third kappa shape index (κ3) is 3.45. The lowest BCUT2D eigenvalue weighted by atomic mass is 9.83. The standard InChI is InChI=1S/C26H21N2O2S/c1-26(2,3)19-14-17-5-4-16-7-13-23(22-12-6-18(15-19)24(17)25(16)22)27-31-21-10-8-20(9-11-21)28(29)30/h4-15H,1-3H3. The van der Waals surface area contributed by atoms with Gasteiger partial charge in [-0.15, -0.1) is 0 Å². The molecule has 0 N–H and O–H groups in total. The average molecular weight is 426 g/mol. The number of benzene rings is 5. The number of hydrogen-bond acceptors (Lipinski definition) is 3. The summed E-state index contributed by atoms with van der Waals surface area (Å²) in [4.78, 5) is 11.3. The van der Waals surface area contributed by atoms with Crippen LogP contribution in [0.3, 0.4) is 0 Å². The van der Waals surface area contributed by atoms with Crippen molar-refractivity contribution in [2.75, 3.05) is 0 Å². The summed E-state index contributed by atoms with van der Waals surface area (Å²) in [5, 5.41) is 18.2. The van der Waals surface area contributed by atoms with E-state index in [1.54, 1.807) is 12.1 Å². The molecule has 5 rings (SSSR count).